The molecule has 4 atom stereocenters. The Balaban J connectivity index is 5.30. The third-order valence-electron chi connectivity index (χ3n) is 3.73. The Hall–Kier alpha value is -0.160. The lowest BCUT2D eigenvalue weighted by atomic mass is 9.82. The Morgan fingerprint density at radius 3 is 1.61 bits per heavy atom. The fourth-order valence-corrected chi connectivity index (χ4v) is 2.82. The summed E-state index contributed by atoms with van der Waals surface area (Å²) in [6.07, 6.45) is 0.612. The van der Waals surface area contributed by atoms with Gasteiger partial charge in [0.2, 0.25) is 0 Å². The van der Waals surface area contributed by atoms with Gasteiger partial charge in [0.05, 0.1) is 12.2 Å². The van der Waals surface area contributed by atoms with E-state index in [0.29, 0.717) is 5.92 Å². The summed E-state index contributed by atoms with van der Waals surface area (Å²) in [5.41, 5.74) is -0.547. The molecule has 110 valence electrons. The van der Waals surface area contributed by atoms with Crippen molar-refractivity contribution < 1.29 is 18.9 Å². The minimum Gasteiger partial charge on any atom is -0.379 e. The maximum Gasteiger partial charge on any atom is 0.120 e. The Labute approximate surface area is 112 Å². The van der Waals surface area contributed by atoms with Gasteiger partial charge in [-0.05, 0) is 19.3 Å². The average molecular weight is 262 g/mol. The standard InChI is InChI=1S/C14H30O4/c1-9-11(15-5)13(17-7)14(4,18-8)12(16-6)10(2)3/h10-13H,9H2,1-8H3. The quantitative estimate of drug-likeness (QED) is 0.640. The third kappa shape index (κ3) is 3.67. The number of methoxy groups -OCH3 is 4. The van der Waals surface area contributed by atoms with E-state index in [4.69, 9.17) is 18.9 Å². The van der Waals surface area contributed by atoms with E-state index in [0.717, 1.165) is 6.42 Å². The maximum atomic E-state index is 5.76. The topological polar surface area (TPSA) is 36.9 Å². The third-order valence-corrected chi connectivity index (χ3v) is 3.73. The summed E-state index contributed by atoms with van der Waals surface area (Å²) < 4.78 is 22.6. The lowest BCUT2D eigenvalue weighted by molar-refractivity contribution is -0.213. The predicted octanol–water partition coefficient (Wildman–Crippen LogP) is 2.50. The first-order valence-electron chi connectivity index (χ1n) is 6.56. The van der Waals surface area contributed by atoms with Gasteiger partial charge in [-0.1, -0.05) is 20.8 Å². The van der Waals surface area contributed by atoms with Crippen LogP contribution in [0.25, 0.3) is 0 Å². The van der Waals surface area contributed by atoms with Crippen LogP contribution in [0.5, 0.6) is 0 Å². The second kappa shape index (κ2) is 8.10. The van der Waals surface area contributed by atoms with Crippen molar-refractivity contribution in [1.29, 1.82) is 0 Å². The molecule has 0 aromatic heterocycles. The van der Waals surface area contributed by atoms with Crippen LogP contribution in [0.3, 0.4) is 0 Å². The van der Waals surface area contributed by atoms with Crippen LogP contribution in [0.1, 0.15) is 34.1 Å². The molecule has 0 fully saturated rings. The van der Waals surface area contributed by atoms with Crippen LogP contribution in [0.2, 0.25) is 0 Å². The monoisotopic (exact) mass is 262 g/mol. The number of hydrogen-bond acceptors (Lipinski definition) is 4. The second-order valence-electron chi connectivity index (χ2n) is 5.13. The van der Waals surface area contributed by atoms with Crippen LogP contribution in [-0.2, 0) is 18.9 Å². The van der Waals surface area contributed by atoms with E-state index in [1.54, 1.807) is 28.4 Å². The molecule has 0 aromatic carbocycles. The molecular formula is C14H30O4. The van der Waals surface area contributed by atoms with Gasteiger partial charge >= 0.3 is 0 Å². The molecule has 4 nitrogen and oxygen atoms in total. The van der Waals surface area contributed by atoms with Crippen molar-refractivity contribution in [2.75, 3.05) is 28.4 Å². The highest BCUT2D eigenvalue weighted by molar-refractivity contribution is 4.97. The van der Waals surface area contributed by atoms with Crippen molar-refractivity contribution in [3.05, 3.63) is 0 Å². The molecule has 18 heavy (non-hydrogen) atoms. The lowest BCUT2D eigenvalue weighted by Gasteiger charge is -2.45. The molecule has 0 aliphatic carbocycles. The van der Waals surface area contributed by atoms with Gasteiger partial charge in [0.15, 0.2) is 0 Å². The summed E-state index contributed by atoms with van der Waals surface area (Å²) in [5, 5.41) is 0. The van der Waals surface area contributed by atoms with Crippen LogP contribution in [0.4, 0.5) is 0 Å². The molecule has 0 heterocycles. The first-order chi connectivity index (χ1) is 8.42. The van der Waals surface area contributed by atoms with Gasteiger partial charge in [-0.3, -0.25) is 0 Å². The van der Waals surface area contributed by atoms with Crippen molar-refractivity contribution in [3.63, 3.8) is 0 Å². The molecule has 0 radical (unpaired) electrons. The molecule has 0 amide bonds. The highest BCUT2D eigenvalue weighted by atomic mass is 16.6. The van der Waals surface area contributed by atoms with Gasteiger partial charge in [-0.15, -0.1) is 0 Å². The molecule has 4 heteroatoms. The van der Waals surface area contributed by atoms with Crippen molar-refractivity contribution in [2.45, 2.75) is 58.0 Å². The first kappa shape index (κ1) is 17.8. The first-order valence-corrected chi connectivity index (χ1v) is 6.56. The van der Waals surface area contributed by atoms with Gasteiger partial charge < -0.3 is 18.9 Å². The zero-order valence-corrected chi connectivity index (χ0v) is 13.1. The second-order valence-corrected chi connectivity index (χ2v) is 5.13. The summed E-state index contributed by atoms with van der Waals surface area (Å²) in [7, 11) is 6.80. The van der Waals surface area contributed by atoms with Gasteiger partial charge in [0.1, 0.15) is 11.7 Å². The minimum absolute atomic E-state index is 0.0173. The van der Waals surface area contributed by atoms with Crippen LogP contribution < -0.4 is 0 Å². The number of hydrogen-bond donors (Lipinski definition) is 0. The Kier molecular flexibility index (Phi) is 8.03. The van der Waals surface area contributed by atoms with E-state index >= 15 is 0 Å². The van der Waals surface area contributed by atoms with Crippen LogP contribution in [-0.4, -0.2) is 52.4 Å². The largest absolute Gasteiger partial charge is 0.379 e. The van der Waals surface area contributed by atoms with E-state index in [1.807, 2.05) is 6.92 Å². The Bertz CT molecular complexity index is 216. The van der Waals surface area contributed by atoms with Gasteiger partial charge in [-0.25, -0.2) is 0 Å². The highest BCUT2D eigenvalue weighted by Crippen LogP contribution is 2.32. The zero-order valence-electron chi connectivity index (χ0n) is 13.1. The number of ether oxygens (including phenoxy) is 4. The highest BCUT2D eigenvalue weighted by Gasteiger charge is 2.47. The summed E-state index contributed by atoms with van der Waals surface area (Å²) in [5.74, 6) is 0.326. The van der Waals surface area contributed by atoms with E-state index < -0.39 is 5.60 Å². The van der Waals surface area contributed by atoms with E-state index in [9.17, 15) is 0 Å². The minimum atomic E-state index is -0.547. The lowest BCUT2D eigenvalue weighted by Crippen LogP contribution is -2.59. The van der Waals surface area contributed by atoms with E-state index in [2.05, 4.69) is 20.8 Å². The van der Waals surface area contributed by atoms with Gasteiger partial charge in [0, 0.05) is 28.4 Å². The van der Waals surface area contributed by atoms with Gasteiger partial charge in [-0.2, -0.15) is 0 Å². The molecule has 0 N–H and O–H groups in total. The van der Waals surface area contributed by atoms with Gasteiger partial charge in [0.25, 0.3) is 0 Å². The normalized spacial score (nSPS) is 20.5. The Morgan fingerprint density at radius 2 is 1.39 bits per heavy atom. The van der Waals surface area contributed by atoms with Crippen molar-refractivity contribution in [2.24, 2.45) is 5.92 Å². The average Bonchev–Trinajstić information content (AvgIpc) is 2.35. The van der Waals surface area contributed by atoms with Crippen LogP contribution >= 0.6 is 0 Å². The molecule has 0 aliphatic rings. The maximum absolute atomic E-state index is 5.76. The molecule has 0 aliphatic heterocycles. The molecular weight excluding hydrogens is 232 g/mol. The SMILES string of the molecule is CCC(OC)C(OC)C(C)(OC)C(OC)C(C)C. The molecule has 0 bridgehead atoms. The fraction of sp³-hybridized carbons (Fsp3) is 1.00. The molecule has 4 unspecified atom stereocenters. The van der Waals surface area contributed by atoms with Crippen LogP contribution in [0, 0.1) is 5.92 Å². The molecule has 0 rings (SSSR count). The summed E-state index contributed by atoms with van der Waals surface area (Å²) >= 11 is 0. The smallest absolute Gasteiger partial charge is 0.120 e. The summed E-state index contributed by atoms with van der Waals surface area (Å²) in [4.78, 5) is 0. The van der Waals surface area contributed by atoms with Crippen molar-refractivity contribution in [1.82, 2.24) is 0 Å². The predicted molar refractivity (Wildman–Crippen MR) is 72.9 cm³/mol. The summed E-state index contributed by atoms with van der Waals surface area (Å²) in [6.45, 7) is 8.34. The molecule has 0 spiro atoms. The zero-order chi connectivity index (χ0) is 14.3. The number of rotatable bonds is 9. The van der Waals surface area contributed by atoms with Crippen molar-refractivity contribution >= 4 is 0 Å². The van der Waals surface area contributed by atoms with E-state index in [-0.39, 0.29) is 18.3 Å². The molecule has 0 saturated carbocycles. The van der Waals surface area contributed by atoms with E-state index in [1.165, 1.54) is 0 Å². The van der Waals surface area contributed by atoms with Crippen LogP contribution in [0.15, 0.2) is 0 Å². The molecule has 0 aromatic rings. The fourth-order valence-electron chi connectivity index (χ4n) is 2.82. The molecule has 0 saturated heterocycles. The van der Waals surface area contributed by atoms with Crippen molar-refractivity contribution in [3.8, 4) is 0 Å². The summed E-state index contributed by atoms with van der Waals surface area (Å²) in [6, 6.07) is 0. The Morgan fingerprint density at radius 1 is 0.889 bits per heavy atom.